The lowest BCUT2D eigenvalue weighted by Crippen LogP contribution is -2.27. The summed E-state index contributed by atoms with van der Waals surface area (Å²) < 4.78 is 11.0. The number of hydrogen-bond donors (Lipinski definition) is 1. The SMILES string of the molecule is Cc1cc(=O)c2c3c(c(C)c(O)c2o1)OCC(C)C3=O. The molecule has 1 aliphatic heterocycles. The van der Waals surface area contributed by atoms with Gasteiger partial charge >= 0.3 is 0 Å². The van der Waals surface area contributed by atoms with Gasteiger partial charge < -0.3 is 14.3 Å². The number of fused-ring (bicyclic) bond motifs is 3. The Balaban J connectivity index is 2.57. The normalized spacial score (nSPS) is 17.9. The van der Waals surface area contributed by atoms with Crippen molar-refractivity contribution in [3.05, 3.63) is 33.2 Å². The van der Waals surface area contributed by atoms with Gasteiger partial charge in [-0.25, -0.2) is 0 Å². The third kappa shape index (κ3) is 1.56. The largest absolute Gasteiger partial charge is 0.504 e. The van der Waals surface area contributed by atoms with Crippen molar-refractivity contribution in [3.63, 3.8) is 0 Å². The van der Waals surface area contributed by atoms with Gasteiger partial charge in [0.1, 0.15) is 11.5 Å². The van der Waals surface area contributed by atoms with E-state index in [0.29, 0.717) is 11.3 Å². The number of carbonyl (C=O) groups is 1. The van der Waals surface area contributed by atoms with Crippen LogP contribution in [0.3, 0.4) is 0 Å². The van der Waals surface area contributed by atoms with E-state index >= 15 is 0 Å². The lowest BCUT2D eigenvalue weighted by atomic mass is 9.91. The minimum absolute atomic E-state index is 0.0531. The Morgan fingerprint density at radius 2 is 2.00 bits per heavy atom. The van der Waals surface area contributed by atoms with E-state index in [1.54, 1.807) is 20.8 Å². The molecule has 0 saturated heterocycles. The Morgan fingerprint density at radius 3 is 2.70 bits per heavy atom. The summed E-state index contributed by atoms with van der Waals surface area (Å²) in [6.07, 6.45) is 0. The van der Waals surface area contributed by atoms with E-state index in [1.807, 2.05) is 0 Å². The van der Waals surface area contributed by atoms with Crippen LogP contribution in [-0.4, -0.2) is 17.5 Å². The number of rotatable bonds is 0. The summed E-state index contributed by atoms with van der Waals surface area (Å²) in [5.74, 6) is 0.0383. The summed E-state index contributed by atoms with van der Waals surface area (Å²) in [7, 11) is 0. The lowest BCUT2D eigenvalue weighted by molar-refractivity contribution is 0.0850. The van der Waals surface area contributed by atoms with Gasteiger partial charge in [0.25, 0.3) is 0 Å². The molecule has 1 aromatic heterocycles. The first-order chi connectivity index (χ1) is 9.41. The number of hydrogen-bond acceptors (Lipinski definition) is 5. The van der Waals surface area contributed by atoms with Crippen molar-refractivity contribution in [1.82, 2.24) is 0 Å². The summed E-state index contributed by atoms with van der Waals surface area (Å²) >= 11 is 0. The molecule has 0 aliphatic carbocycles. The molecule has 3 rings (SSSR count). The summed E-state index contributed by atoms with van der Waals surface area (Å²) in [4.78, 5) is 24.6. The van der Waals surface area contributed by atoms with Crippen molar-refractivity contribution in [2.75, 3.05) is 6.61 Å². The van der Waals surface area contributed by atoms with Crippen LogP contribution in [0.5, 0.6) is 11.5 Å². The van der Waals surface area contributed by atoms with Crippen LogP contribution in [-0.2, 0) is 0 Å². The second-order valence-electron chi connectivity index (χ2n) is 5.18. The summed E-state index contributed by atoms with van der Waals surface area (Å²) in [6, 6.07) is 1.31. The van der Waals surface area contributed by atoms with Gasteiger partial charge in [0, 0.05) is 11.6 Å². The Morgan fingerprint density at radius 1 is 1.30 bits per heavy atom. The number of Topliss-reactive ketones (excluding diaryl/α,β-unsaturated/α-hetero) is 1. The number of benzene rings is 1. The minimum Gasteiger partial charge on any atom is -0.504 e. The van der Waals surface area contributed by atoms with E-state index in [-0.39, 0.29) is 51.8 Å². The fourth-order valence-corrected chi connectivity index (χ4v) is 2.54. The zero-order valence-corrected chi connectivity index (χ0v) is 11.4. The highest BCUT2D eigenvalue weighted by Gasteiger charge is 2.32. The first kappa shape index (κ1) is 12.7. The van der Waals surface area contributed by atoms with E-state index in [2.05, 4.69) is 0 Å². The monoisotopic (exact) mass is 274 g/mol. The fraction of sp³-hybridized carbons (Fsp3) is 0.333. The van der Waals surface area contributed by atoms with Crippen molar-refractivity contribution in [2.45, 2.75) is 20.8 Å². The van der Waals surface area contributed by atoms with Crippen LogP contribution < -0.4 is 10.2 Å². The molecule has 0 saturated carbocycles. The Hall–Kier alpha value is -2.30. The van der Waals surface area contributed by atoms with Crippen molar-refractivity contribution in [2.24, 2.45) is 5.92 Å². The van der Waals surface area contributed by atoms with Gasteiger partial charge in [-0.3, -0.25) is 9.59 Å². The quantitative estimate of drug-likeness (QED) is 0.797. The molecule has 0 fully saturated rings. The third-order valence-corrected chi connectivity index (χ3v) is 3.63. The molecular formula is C15H14O5. The molecule has 0 bridgehead atoms. The van der Waals surface area contributed by atoms with Gasteiger partial charge in [-0.15, -0.1) is 0 Å². The minimum atomic E-state index is -0.346. The van der Waals surface area contributed by atoms with Gasteiger partial charge in [0.2, 0.25) is 0 Å². The van der Waals surface area contributed by atoms with E-state index in [1.165, 1.54) is 6.07 Å². The third-order valence-electron chi connectivity index (χ3n) is 3.63. The number of phenols is 1. The molecule has 0 radical (unpaired) electrons. The Bertz CT molecular complexity index is 800. The number of aryl methyl sites for hydroxylation is 1. The first-order valence-corrected chi connectivity index (χ1v) is 6.38. The predicted molar refractivity (Wildman–Crippen MR) is 72.6 cm³/mol. The number of ketones is 1. The second kappa shape index (κ2) is 4.10. The van der Waals surface area contributed by atoms with Crippen LogP contribution in [0.2, 0.25) is 0 Å². The maximum absolute atomic E-state index is 12.4. The molecule has 1 N–H and O–H groups in total. The molecule has 1 atom stereocenters. The molecule has 5 nitrogen and oxygen atoms in total. The van der Waals surface area contributed by atoms with Crippen LogP contribution in [0.1, 0.15) is 28.6 Å². The first-order valence-electron chi connectivity index (χ1n) is 6.38. The Labute approximate surface area is 114 Å². The van der Waals surface area contributed by atoms with Crippen LogP contribution >= 0.6 is 0 Å². The molecule has 104 valence electrons. The smallest absolute Gasteiger partial charge is 0.193 e. The molecule has 20 heavy (non-hydrogen) atoms. The standard InChI is InChI=1S/C15H14O5/c1-6-5-19-14-8(3)13(18)15-10(11(14)12(6)17)9(16)4-7(2)20-15/h4,6,18H,5H2,1-3H3. The summed E-state index contributed by atoms with van der Waals surface area (Å²) in [5, 5.41) is 10.3. The zero-order chi connectivity index (χ0) is 14.6. The van der Waals surface area contributed by atoms with Gasteiger partial charge in [-0.05, 0) is 13.8 Å². The maximum atomic E-state index is 12.4. The highest BCUT2D eigenvalue weighted by molar-refractivity contribution is 6.12. The fourth-order valence-electron chi connectivity index (χ4n) is 2.54. The van der Waals surface area contributed by atoms with Crippen LogP contribution in [0.25, 0.3) is 11.0 Å². The number of phenolic OH excluding ortho intramolecular Hbond substituents is 1. The van der Waals surface area contributed by atoms with Crippen LogP contribution in [0, 0.1) is 19.8 Å². The summed E-state index contributed by atoms with van der Waals surface area (Å²) in [6.45, 7) is 5.25. The summed E-state index contributed by atoms with van der Waals surface area (Å²) in [5.41, 5.74) is 0.350. The van der Waals surface area contributed by atoms with Crippen LogP contribution in [0.4, 0.5) is 0 Å². The molecule has 5 heteroatoms. The lowest BCUT2D eigenvalue weighted by Gasteiger charge is -2.24. The molecule has 1 aliphatic rings. The van der Waals surface area contributed by atoms with Gasteiger partial charge in [0.05, 0.1) is 23.5 Å². The molecule has 0 spiro atoms. The topological polar surface area (TPSA) is 76.7 Å². The Kier molecular flexibility index (Phi) is 2.61. The van der Waals surface area contributed by atoms with Gasteiger partial charge in [-0.2, -0.15) is 0 Å². The number of aromatic hydroxyl groups is 1. The van der Waals surface area contributed by atoms with Crippen molar-refractivity contribution in [3.8, 4) is 11.5 Å². The molecule has 1 aromatic carbocycles. The van der Waals surface area contributed by atoms with Gasteiger partial charge in [-0.1, -0.05) is 6.92 Å². The molecule has 2 aromatic rings. The molecular weight excluding hydrogens is 260 g/mol. The van der Waals surface area contributed by atoms with Crippen LogP contribution in [0.15, 0.2) is 15.3 Å². The highest BCUT2D eigenvalue weighted by Crippen LogP contribution is 2.41. The second-order valence-corrected chi connectivity index (χ2v) is 5.18. The molecule has 0 amide bonds. The van der Waals surface area contributed by atoms with E-state index in [0.717, 1.165) is 0 Å². The molecule has 2 heterocycles. The number of ether oxygens (including phenoxy) is 1. The average molecular weight is 274 g/mol. The van der Waals surface area contributed by atoms with E-state index < -0.39 is 0 Å². The zero-order valence-electron chi connectivity index (χ0n) is 11.4. The predicted octanol–water partition coefficient (Wildman–Crippen LogP) is 2.33. The van der Waals surface area contributed by atoms with E-state index in [4.69, 9.17) is 9.15 Å². The van der Waals surface area contributed by atoms with Crippen molar-refractivity contribution < 1.29 is 19.1 Å². The maximum Gasteiger partial charge on any atom is 0.193 e. The number of carbonyl (C=O) groups excluding carboxylic acids is 1. The van der Waals surface area contributed by atoms with Crippen molar-refractivity contribution in [1.29, 1.82) is 0 Å². The van der Waals surface area contributed by atoms with Crippen molar-refractivity contribution >= 4 is 16.8 Å². The van der Waals surface area contributed by atoms with E-state index in [9.17, 15) is 14.7 Å². The van der Waals surface area contributed by atoms with Gasteiger partial charge in [0.15, 0.2) is 22.5 Å². The molecule has 1 unspecified atom stereocenters. The average Bonchev–Trinajstić information content (AvgIpc) is 2.39. The highest BCUT2D eigenvalue weighted by atomic mass is 16.5.